The molecule has 0 aliphatic carbocycles. The van der Waals surface area contributed by atoms with Gasteiger partial charge in [-0.15, -0.1) is 0 Å². The number of ether oxygens (including phenoxy) is 3. The monoisotopic (exact) mass is 866 g/mol. The lowest BCUT2D eigenvalue weighted by molar-refractivity contribution is -0.143. The number of carbonyl (C=O) groups is 4. The quantitative estimate of drug-likeness (QED) is 0.139. The van der Waals surface area contributed by atoms with Gasteiger partial charge >= 0.3 is 18.0 Å². The van der Waals surface area contributed by atoms with Gasteiger partial charge in [-0.25, -0.2) is 19.0 Å². The number of aliphatic hydroxyl groups is 1. The molecule has 0 aromatic carbocycles. The van der Waals surface area contributed by atoms with E-state index in [0.717, 1.165) is 34.3 Å². The van der Waals surface area contributed by atoms with Crippen LogP contribution in [0.3, 0.4) is 0 Å². The highest BCUT2D eigenvalue weighted by Gasteiger charge is 2.44. The van der Waals surface area contributed by atoms with Gasteiger partial charge in [-0.3, -0.25) is 9.59 Å². The maximum Gasteiger partial charge on any atom is 0.409 e. The van der Waals surface area contributed by atoms with Crippen LogP contribution in [0.1, 0.15) is 35.6 Å². The number of aryl methyl sites for hydroxylation is 4. The second-order valence-electron chi connectivity index (χ2n) is 9.79. The molecule has 0 aliphatic rings. The van der Waals surface area contributed by atoms with E-state index in [1.165, 1.54) is 14.2 Å². The van der Waals surface area contributed by atoms with Crippen molar-refractivity contribution in [1.82, 2.24) is 24.9 Å². The highest BCUT2D eigenvalue weighted by Crippen LogP contribution is 2.39. The number of methoxy groups -OCH3 is 2. The summed E-state index contributed by atoms with van der Waals surface area (Å²) in [7, 11) is 2.64. The number of ketones is 1. The molecule has 0 bridgehead atoms. The number of nitrogens with two attached hydrogens (primary N) is 1. The number of hydrogen-bond acceptors (Lipinski definition) is 13. The third kappa shape index (κ3) is 22.6. The average Bonchev–Trinajstić information content (AvgIpc) is 3.56. The van der Waals surface area contributed by atoms with Crippen LogP contribution in [0.25, 0.3) is 0 Å². The number of esters is 2. The van der Waals surface area contributed by atoms with E-state index in [9.17, 15) is 19.2 Å². The molecule has 0 saturated heterocycles. The number of alkyl halides is 6. The number of Topliss-reactive ketones (excluding diaryl/α,β-unsaturated/α-hetero) is 1. The number of nitrogens with zero attached hydrogens (tertiary/aromatic N) is 4. The van der Waals surface area contributed by atoms with Crippen LogP contribution in [-0.2, 0) is 42.1 Å². The van der Waals surface area contributed by atoms with Crippen molar-refractivity contribution in [3.63, 3.8) is 0 Å². The standard InChI is InChI=1S/C13H21N3O4S.C6H10N2O.C6H13NO2S.C3Cl6O/c1-9-7-10(2)16(15-9)8-20-13(18)14-11(5-6-21-4)12(17)19-3;1-5-3-6(2)8(4-9)7-5;1-9-6(8)5(7)3-4-10-2;4-2(5,6)1(10)3(7,8)9/h7,11H,5-6,8H2,1-4H3,(H,14,18);3,9H,4H2,1-2H3;5H,3-4,7H2,1-2H3;/t11-;;5-;/m0.0./s1. The zero-order valence-electron chi connectivity index (χ0n) is 28.8. The fraction of sp³-hybridized carbons (Fsp3) is 0.643. The Morgan fingerprint density at radius 1 is 0.840 bits per heavy atom. The maximum absolute atomic E-state index is 11.7. The lowest BCUT2D eigenvalue weighted by Gasteiger charge is -2.16. The summed E-state index contributed by atoms with van der Waals surface area (Å²) >= 11 is 33.8. The first-order valence-electron chi connectivity index (χ1n) is 14.2. The molecule has 4 N–H and O–H groups in total. The number of alkyl carbamates (subject to hydrolysis) is 1. The topological polar surface area (TPSA) is 190 Å². The van der Waals surface area contributed by atoms with Gasteiger partial charge < -0.3 is 30.4 Å². The van der Waals surface area contributed by atoms with Crippen molar-refractivity contribution in [3.8, 4) is 0 Å². The summed E-state index contributed by atoms with van der Waals surface area (Å²) in [6.45, 7) is 7.52. The van der Waals surface area contributed by atoms with Crippen molar-refractivity contribution < 1.29 is 38.5 Å². The van der Waals surface area contributed by atoms with Gasteiger partial charge in [0, 0.05) is 11.4 Å². The Morgan fingerprint density at radius 2 is 1.28 bits per heavy atom. The lowest BCUT2D eigenvalue weighted by atomic mass is 10.2. The Bertz CT molecular complexity index is 1310. The zero-order valence-corrected chi connectivity index (χ0v) is 35.0. The molecule has 288 valence electrons. The van der Waals surface area contributed by atoms with Crippen molar-refractivity contribution in [1.29, 1.82) is 0 Å². The molecule has 2 aromatic heterocycles. The molecule has 22 heteroatoms. The number of aliphatic hydroxyl groups excluding tert-OH is 1. The first kappa shape index (κ1) is 50.8. The van der Waals surface area contributed by atoms with Crippen LogP contribution in [0.4, 0.5) is 4.79 Å². The van der Waals surface area contributed by atoms with Crippen LogP contribution in [-0.4, -0.2) is 106 Å². The summed E-state index contributed by atoms with van der Waals surface area (Å²) < 4.78 is 12.9. The van der Waals surface area contributed by atoms with Gasteiger partial charge in [-0.1, -0.05) is 69.6 Å². The molecule has 1 amide bonds. The van der Waals surface area contributed by atoms with Crippen LogP contribution in [0.2, 0.25) is 0 Å². The average molecular weight is 870 g/mol. The third-order valence-corrected chi connectivity index (χ3v) is 8.02. The molecule has 0 aliphatic heterocycles. The van der Waals surface area contributed by atoms with Crippen LogP contribution >= 0.6 is 93.1 Å². The predicted octanol–water partition coefficient (Wildman–Crippen LogP) is 5.46. The summed E-state index contributed by atoms with van der Waals surface area (Å²) in [5, 5.41) is 19.3. The Balaban J connectivity index is 0. The van der Waals surface area contributed by atoms with Crippen molar-refractivity contribution in [3.05, 3.63) is 34.9 Å². The molecule has 2 rings (SSSR count). The van der Waals surface area contributed by atoms with E-state index >= 15 is 0 Å². The zero-order chi connectivity index (χ0) is 39.2. The summed E-state index contributed by atoms with van der Waals surface area (Å²) in [5.74, 6) is -0.260. The largest absolute Gasteiger partial charge is 0.468 e. The smallest absolute Gasteiger partial charge is 0.409 e. The number of nitrogens with one attached hydrogen (secondary N) is 1. The number of rotatable bonds is 12. The van der Waals surface area contributed by atoms with Crippen molar-refractivity contribution >= 4 is 117 Å². The van der Waals surface area contributed by atoms with Gasteiger partial charge in [-0.2, -0.15) is 33.7 Å². The Labute approximate surface area is 330 Å². The van der Waals surface area contributed by atoms with Gasteiger partial charge in [-0.05, 0) is 76.7 Å². The summed E-state index contributed by atoms with van der Waals surface area (Å²) in [6, 6.07) is 2.67. The molecule has 0 radical (unpaired) electrons. The summed E-state index contributed by atoms with van der Waals surface area (Å²) in [6.07, 6.45) is 4.41. The van der Waals surface area contributed by atoms with E-state index in [2.05, 4.69) is 25.0 Å². The number of hydrogen-bond donors (Lipinski definition) is 3. The molecule has 0 saturated carbocycles. The SMILES string of the molecule is COC(=O)[C@@H](N)CCSC.COC(=O)[C@H](CCSC)NC(=O)OCn1nc(C)cc1C.Cc1cc(C)n(CO)n1.O=C(C(Cl)(Cl)Cl)C(Cl)(Cl)Cl. The minimum absolute atomic E-state index is 0.00191. The molecule has 14 nitrogen and oxygen atoms in total. The summed E-state index contributed by atoms with van der Waals surface area (Å²) in [4.78, 5) is 44.7. The molecule has 0 unspecified atom stereocenters. The van der Waals surface area contributed by atoms with Gasteiger partial charge in [0.25, 0.3) is 7.59 Å². The fourth-order valence-electron chi connectivity index (χ4n) is 3.23. The second-order valence-corrected chi connectivity index (χ2v) is 16.3. The lowest BCUT2D eigenvalue weighted by Crippen LogP contribution is -2.42. The third-order valence-electron chi connectivity index (χ3n) is 5.70. The van der Waals surface area contributed by atoms with Gasteiger partial charge in [0.2, 0.25) is 5.78 Å². The van der Waals surface area contributed by atoms with Crippen LogP contribution in [0.15, 0.2) is 12.1 Å². The first-order chi connectivity index (χ1) is 23.1. The maximum atomic E-state index is 11.7. The van der Waals surface area contributed by atoms with Crippen LogP contribution < -0.4 is 11.1 Å². The van der Waals surface area contributed by atoms with Gasteiger partial charge in [0.05, 0.1) is 25.6 Å². The van der Waals surface area contributed by atoms with Crippen LogP contribution in [0.5, 0.6) is 0 Å². The Morgan fingerprint density at radius 3 is 1.60 bits per heavy atom. The Hall–Kier alpha value is -1.34. The molecular weight excluding hydrogens is 825 g/mol. The van der Waals surface area contributed by atoms with E-state index in [-0.39, 0.29) is 19.4 Å². The van der Waals surface area contributed by atoms with E-state index in [1.807, 2.05) is 52.3 Å². The number of amides is 1. The van der Waals surface area contributed by atoms with Crippen molar-refractivity contribution in [2.75, 3.05) is 38.2 Å². The van der Waals surface area contributed by atoms with Gasteiger partial charge in [0.15, 0.2) is 6.73 Å². The number of halogens is 6. The minimum Gasteiger partial charge on any atom is -0.468 e. The molecule has 0 spiro atoms. The fourth-order valence-corrected chi connectivity index (χ4v) is 5.48. The highest BCUT2D eigenvalue weighted by atomic mass is 35.6. The molecule has 2 aromatic rings. The van der Waals surface area contributed by atoms with Crippen LogP contribution in [0, 0.1) is 27.7 Å². The molecule has 0 fully saturated rings. The molecular formula is C28H44Cl6N6O8S2. The van der Waals surface area contributed by atoms with E-state index in [0.29, 0.717) is 12.8 Å². The molecule has 2 atom stereocenters. The highest BCUT2D eigenvalue weighted by molar-refractivity contribution is 7.98. The Kier molecular flexibility index (Phi) is 26.8. The van der Waals surface area contributed by atoms with E-state index < -0.39 is 37.5 Å². The second kappa shape index (κ2) is 26.4. The van der Waals surface area contributed by atoms with Gasteiger partial charge in [0.1, 0.15) is 18.8 Å². The first-order valence-corrected chi connectivity index (χ1v) is 19.3. The van der Waals surface area contributed by atoms with E-state index in [1.54, 1.807) is 32.9 Å². The van der Waals surface area contributed by atoms with E-state index in [4.69, 9.17) is 85.2 Å². The number of carbonyl (C=O) groups excluding carboxylic acids is 4. The molecule has 2 heterocycles. The summed E-state index contributed by atoms with van der Waals surface area (Å²) in [5.41, 5.74) is 9.11. The van der Waals surface area contributed by atoms with Crippen molar-refractivity contribution in [2.24, 2.45) is 5.73 Å². The minimum atomic E-state index is -2.18. The van der Waals surface area contributed by atoms with Crippen molar-refractivity contribution in [2.45, 2.75) is 73.7 Å². The molecule has 50 heavy (non-hydrogen) atoms. The predicted molar refractivity (Wildman–Crippen MR) is 203 cm³/mol. The number of aromatic nitrogens is 4. The number of thioether (sulfide) groups is 2. The normalized spacial score (nSPS) is 12.0.